The van der Waals surface area contributed by atoms with Gasteiger partial charge in [-0.05, 0) is 18.2 Å². The van der Waals surface area contributed by atoms with Crippen LogP contribution in [0.1, 0.15) is 6.42 Å². The van der Waals surface area contributed by atoms with E-state index in [2.05, 4.69) is 0 Å². The Morgan fingerprint density at radius 2 is 2.05 bits per heavy atom. The van der Waals surface area contributed by atoms with Crippen LogP contribution in [0, 0.1) is 0 Å². The minimum Gasteiger partial charge on any atom is -0.480 e. The van der Waals surface area contributed by atoms with Gasteiger partial charge in [-0.3, -0.25) is 14.4 Å². The van der Waals surface area contributed by atoms with E-state index in [9.17, 15) is 14.4 Å². The maximum atomic E-state index is 12.1. The molecule has 0 bridgehead atoms. The monoisotopic (exact) mass is 330 g/mol. The van der Waals surface area contributed by atoms with Gasteiger partial charge < -0.3 is 15.7 Å². The van der Waals surface area contributed by atoms with E-state index in [-0.39, 0.29) is 18.1 Å². The van der Waals surface area contributed by atoms with Gasteiger partial charge in [0.05, 0.1) is 5.75 Å². The van der Waals surface area contributed by atoms with Crippen LogP contribution >= 0.6 is 23.4 Å². The van der Waals surface area contributed by atoms with Crippen molar-refractivity contribution in [1.82, 2.24) is 0 Å². The summed E-state index contributed by atoms with van der Waals surface area (Å²) >= 11 is 7.08. The second-order valence-electron chi connectivity index (χ2n) is 4.12. The molecule has 8 heteroatoms. The van der Waals surface area contributed by atoms with Crippen molar-refractivity contribution in [3.63, 3.8) is 0 Å². The summed E-state index contributed by atoms with van der Waals surface area (Å²) in [6, 6.07) is 6.42. The van der Waals surface area contributed by atoms with Crippen LogP contribution in [0.25, 0.3) is 0 Å². The number of benzene rings is 1. The van der Waals surface area contributed by atoms with Crippen molar-refractivity contribution in [2.24, 2.45) is 5.73 Å². The first-order valence-corrected chi connectivity index (χ1v) is 7.57. The molecule has 6 nitrogen and oxygen atoms in total. The molecule has 0 spiro atoms. The average molecular weight is 331 g/mol. The zero-order chi connectivity index (χ0) is 15.8. The maximum Gasteiger partial charge on any atom is 0.323 e. The first-order valence-electron chi connectivity index (χ1n) is 6.04. The number of nitrogens with two attached hydrogens (primary N) is 1. The number of amides is 2. The number of nitrogens with zero attached hydrogens (tertiary/aromatic N) is 1. The maximum absolute atomic E-state index is 12.1. The summed E-state index contributed by atoms with van der Waals surface area (Å²) in [5.74, 6) is -1.41. The van der Waals surface area contributed by atoms with Crippen LogP contribution < -0.4 is 10.6 Å². The molecule has 1 aromatic carbocycles. The summed E-state index contributed by atoms with van der Waals surface area (Å²) < 4.78 is 0. The van der Waals surface area contributed by atoms with E-state index in [1.165, 1.54) is 17.8 Å². The van der Waals surface area contributed by atoms with Gasteiger partial charge in [-0.15, -0.1) is 0 Å². The van der Waals surface area contributed by atoms with Gasteiger partial charge in [0.25, 0.3) is 0 Å². The van der Waals surface area contributed by atoms with E-state index in [0.29, 0.717) is 16.5 Å². The molecular formula is C13H15ClN2O4S. The third-order valence-corrected chi connectivity index (χ3v) is 3.64. The number of anilines is 1. The topological polar surface area (TPSA) is 101 Å². The van der Waals surface area contributed by atoms with Crippen LogP contribution in [0.2, 0.25) is 5.02 Å². The number of carbonyl (C=O) groups excluding carboxylic acids is 2. The lowest BCUT2D eigenvalue weighted by molar-refractivity contribution is -0.136. The fourth-order valence-electron chi connectivity index (χ4n) is 1.57. The number of rotatable bonds is 8. The van der Waals surface area contributed by atoms with E-state index in [1.54, 1.807) is 18.2 Å². The second kappa shape index (κ2) is 8.53. The molecule has 0 atom stereocenters. The van der Waals surface area contributed by atoms with Crippen molar-refractivity contribution in [3.05, 3.63) is 29.3 Å². The molecule has 0 saturated carbocycles. The van der Waals surface area contributed by atoms with E-state index in [1.807, 2.05) is 0 Å². The molecule has 1 aromatic rings. The van der Waals surface area contributed by atoms with Crippen molar-refractivity contribution in [3.8, 4) is 0 Å². The molecule has 0 radical (unpaired) electrons. The van der Waals surface area contributed by atoms with E-state index in [0.717, 1.165) is 4.90 Å². The van der Waals surface area contributed by atoms with Crippen molar-refractivity contribution in [2.75, 3.05) is 23.0 Å². The zero-order valence-electron chi connectivity index (χ0n) is 11.1. The molecule has 114 valence electrons. The molecular weight excluding hydrogens is 316 g/mol. The van der Waals surface area contributed by atoms with Gasteiger partial charge in [-0.1, -0.05) is 17.7 Å². The number of thioether (sulfide) groups is 1. The predicted molar refractivity (Wildman–Crippen MR) is 82.6 cm³/mol. The normalized spacial score (nSPS) is 10.1. The Kier molecular flexibility index (Phi) is 7.04. The van der Waals surface area contributed by atoms with Crippen LogP contribution in [-0.4, -0.2) is 40.9 Å². The highest BCUT2D eigenvalue weighted by atomic mass is 35.5. The smallest absolute Gasteiger partial charge is 0.323 e. The van der Waals surface area contributed by atoms with Crippen molar-refractivity contribution < 1.29 is 19.5 Å². The fraction of sp³-hybridized carbons (Fsp3) is 0.308. The highest BCUT2D eigenvalue weighted by molar-refractivity contribution is 7.99. The molecule has 2 amide bonds. The third-order valence-electron chi connectivity index (χ3n) is 2.42. The zero-order valence-corrected chi connectivity index (χ0v) is 12.7. The van der Waals surface area contributed by atoms with Gasteiger partial charge in [0.2, 0.25) is 11.8 Å². The van der Waals surface area contributed by atoms with Crippen LogP contribution in [0.5, 0.6) is 0 Å². The van der Waals surface area contributed by atoms with Crippen molar-refractivity contribution in [2.45, 2.75) is 6.42 Å². The Morgan fingerprint density at radius 3 is 2.62 bits per heavy atom. The number of halogens is 1. The average Bonchev–Trinajstić information content (AvgIpc) is 2.40. The van der Waals surface area contributed by atoms with E-state index in [4.69, 9.17) is 22.4 Å². The van der Waals surface area contributed by atoms with E-state index >= 15 is 0 Å². The minimum absolute atomic E-state index is 0.109. The van der Waals surface area contributed by atoms with Gasteiger partial charge in [0, 0.05) is 22.9 Å². The van der Waals surface area contributed by atoms with Crippen LogP contribution in [-0.2, 0) is 14.4 Å². The quantitative estimate of drug-likeness (QED) is 0.701. The Morgan fingerprint density at radius 1 is 1.33 bits per heavy atom. The Labute approximate surface area is 131 Å². The number of carboxylic acid groups (broad SMARTS) is 1. The predicted octanol–water partition coefficient (Wildman–Crippen LogP) is 1.37. The summed E-state index contributed by atoms with van der Waals surface area (Å²) in [6.07, 6.45) is 0.109. The molecule has 1 rings (SSSR count). The fourth-order valence-corrected chi connectivity index (χ4v) is 2.42. The summed E-state index contributed by atoms with van der Waals surface area (Å²) in [4.78, 5) is 34.8. The first kappa shape index (κ1) is 17.3. The first-order chi connectivity index (χ1) is 9.90. The molecule has 0 aliphatic rings. The molecule has 0 aliphatic heterocycles. The van der Waals surface area contributed by atoms with Gasteiger partial charge >= 0.3 is 5.97 Å². The molecule has 0 saturated heterocycles. The van der Waals surface area contributed by atoms with Crippen LogP contribution in [0.4, 0.5) is 5.69 Å². The third kappa shape index (κ3) is 6.50. The lowest BCUT2D eigenvalue weighted by atomic mass is 10.2. The Balaban J connectivity index is 2.71. The minimum atomic E-state index is -1.12. The summed E-state index contributed by atoms with van der Waals surface area (Å²) in [5, 5.41) is 9.33. The van der Waals surface area contributed by atoms with Gasteiger partial charge in [0.1, 0.15) is 6.54 Å². The molecule has 21 heavy (non-hydrogen) atoms. The number of primary amides is 1. The summed E-state index contributed by atoms with van der Waals surface area (Å²) in [7, 11) is 0. The number of hydrogen-bond donors (Lipinski definition) is 2. The number of aliphatic carboxylic acids is 1. The lowest BCUT2D eigenvalue weighted by Crippen LogP contribution is -2.36. The standard InChI is InChI=1S/C13H15ClN2O4S/c14-9-2-1-3-10(6-9)16(7-13(19)20)12(18)4-5-21-8-11(15)17/h1-3,6H,4-5,7-8H2,(H2,15,17)(H,19,20). The van der Waals surface area contributed by atoms with Gasteiger partial charge in [0.15, 0.2) is 0 Å². The number of carbonyl (C=O) groups is 3. The molecule has 0 fully saturated rings. The number of carboxylic acids is 1. The Hall–Kier alpha value is -1.73. The molecule has 0 aliphatic carbocycles. The van der Waals surface area contributed by atoms with Crippen LogP contribution in [0.3, 0.4) is 0 Å². The molecule has 0 unspecified atom stereocenters. The van der Waals surface area contributed by atoms with Crippen LogP contribution in [0.15, 0.2) is 24.3 Å². The van der Waals surface area contributed by atoms with E-state index < -0.39 is 18.4 Å². The van der Waals surface area contributed by atoms with Gasteiger partial charge in [-0.2, -0.15) is 11.8 Å². The molecule has 0 heterocycles. The van der Waals surface area contributed by atoms with Gasteiger partial charge in [-0.25, -0.2) is 0 Å². The summed E-state index contributed by atoms with van der Waals surface area (Å²) in [5.41, 5.74) is 5.42. The molecule has 0 aromatic heterocycles. The highest BCUT2D eigenvalue weighted by Crippen LogP contribution is 2.20. The highest BCUT2D eigenvalue weighted by Gasteiger charge is 2.18. The van der Waals surface area contributed by atoms with Crippen molar-refractivity contribution in [1.29, 1.82) is 0 Å². The van der Waals surface area contributed by atoms with Crippen molar-refractivity contribution >= 4 is 46.8 Å². The second-order valence-corrected chi connectivity index (χ2v) is 5.66. The Bertz CT molecular complexity index is 539. The SMILES string of the molecule is NC(=O)CSCCC(=O)N(CC(=O)O)c1cccc(Cl)c1. The lowest BCUT2D eigenvalue weighted by Gasteiger charge is -2.21. The summed E-state index contributed by atoms with van der Waals surface area (Å²) in [6.45, 7) is -0.445. The largest absolute Gasteiger partial charge is 0.480 e. The number of hydrogen-bond acceptors (Lipinski definition) is 4. The molecule has 3 N–H and O–H groups in total.